The lowest BCUT2D eigenvalue weighted by Crippen LogP contribution is -2.45. The van der Waals surface area contributed by atoms with Gasteiger partial charge in [-0.1, -0.05) is 6.07 Å². The van der Waals surface area contributed by atoms with Crippen LogP contribution in [0.15, 0.2) is 18.2 Å². The lowest BCUT2D eigenvalue weighted by atomic mass is 10.1. The van der Waals surface area contributed by atoms with Crippen molar-refractivity contribution < 1.29 is 28.5 Å². The first kappa shape index (κ1) is 19.5. The lowest BCUT2D eigenvalue weighted by molar-refractivity contribution is -0.141. The SMILES string of the molecule is COCCC(C(=O)Oc1c(OC)cccc1OC)N1CCCOCC1. The quantitative estimate of drug-likeness (QED) is 0.521. The Morgan fingerprint density at radius 2 is 1.88 bits per heavy atom. The Morgan fingerprint density at radius 1 is 1.16 bits per heavy atom. The highest BCUT2D eigenvalue weighted by Crippen LogP contribution is 2.37. The number of carbonyl (C=O) groups is 1. The predicted molar refractivity (Wildman–Crippen MR) is 92.5 cm³/mol. The number of ether oxygens (including phenoxy) is 5. The minimum absolute atomic E-state index is 0.297. The Kier molecular flexibility index (Phi) is 7.97. The predicted octanol–water partition coefficient (Wildman–Crippen LogP) is 1.74. The Hall–Kier alpha value is -1.83. The molecule has 0 bridgehead atoms. The molecule has 140 valence electrons. The first-order chi connectivity index (χ1) is 12.2. The largest absolute Gasteiger partial charge is 0.493 e. The average molecular weight is 353 g/mol. The summed E-state index contributed by atoms with van der Waals surface area (Å²) in [5.74, 6) is 0.863. The standard InChI is InChI=1S/C18H27NO6/c1-21-12-8-14(19-9-5-11-24-13-10-19)18(20)25-17-15(22-2)6-4-7-16(17)23-3/h4,6-7,14H,5,8-13H2,1-3H3. The van der Waals surface area contributed by atoms with E-state index in [1.807, 2.05) is 0 Å². The van der Waals surface area contributed by atoms with Gasteiger partial charge in [0.15, 0.2) is 11.5 Å². The lowest BCUT2D eigenvalue weighted by Gasteiger charge is -2.28. The van der Waals surface area contributed by atoms with Gasteiger partial charge < -0.3 is 23.7 Å². The van der Waals surface area contributed by atoms with Crippen LogP contribution in [-0.2, 0) is 14.3 Å². The van der Waals surface area contributed by atoms with Gasteiger partial charge in [-0.2, -0.15) is 0 Å². The van der Waals surface area contributed by atoms with Gasteiger partial charge in [0.05, 0.1) is 20.8 Å². The number of hydrogen-bond donors (Lipinski definition) is 0. The smallest absolute Gasteiger partial charge is 0.329 e. The van der Waals surface area contributed by atoms with Crippen molar-refractivity contribution in [2.24, 2.45) is 0 Å². The molecule has 7 nitrogen and oxygen atoms in total. The molecule has 0 amide bonds. The molecule has 0 radical (unpaired) electrons. The van der Waals surface area contributed by atoms with E-state index in [4.69, 9.17) is 23.7 Å². The third kappa shape index (κ3) is 5.32. The molecule has 1 heterocycles. The van der Waals surface area contributed by atoms with Gasteiger partial charge in [0.2, 0.25) is 5.75 Å². The van der Waals surface area contributed by atoms with Crippen LogP contribution >= 0.6 is 0 Å². The van der Waals surface area contributed by atoms with E-state index in [2.05, 4.69) is 4.90 Å². The van der Waals surface area contributed by atoms with E-state index >= 15 is 0 Å². The topological polar surface area (TPSA) is 66.5 Å². The zero-order valence-electron chi connectivity index (χ0n) is 15.2. The molecule has 2 rings (SSSR count). The summed E-state index contributed by atoms with van der Waals surface area (Å²) in [5, 5.41) is 0. The Morgan fingerprint density at radius 3 is 2.52 bits per heavy atom. The van der Waals surface area contributed by atoms with Gasteiger partial charge in [-0.25, -0.2) is 4.79 Å². The number of para-hydroxylation sites is 1. The highest BCUT2D eigenvalue weighted by Gasteiger charge is 2.29. The summed E-state index contributed by atoms with van der Waals surface area (Å²) in [6.07, 6.45) is 1.43. The molecule has 1 aliphatic heterocycles. The molecule has 1 saturated heterocycles. The third-order valence-corrected chi connectivity index (χ3v) is 4.15. The van der Waals surface area contributed by atoms with Gasteiger partial charge in [-0.3, -0.25) is 4.90 Å². The Labute approximate surface area is 148 Å². The summed E-state index contributed by atoms with van der Waals surface area (Å²) < 4.78 is 26.9. The number of benzene rings is 1. The maximum Gasteiger partial charge on any atom is 0.329 e. The van der Waals surface area contributed by atoms with Gasteiger partial charge >= 0.3 is 5.97 Å². The van der Waals surface area contributed by atoms with Gasteiger partial charge in [-0.05, 0) is 25.0 Å². The summed E-state index contributed by atoms with van der Waals surface area (Å²) in [6.45, 7) is 3.26. The molecule has 1 atom stereocenters. The van der Waals surface area contributed by atoms with Crippen molar-refractivity contribution in [3.8, 4) is 17.2 Å². The van der Waals surface area contributed by atoms with Crippen LogP contribution in [0, 0.1) is 0 Å². The summed E-state index contributed by atoms with van der Waals surface area (Å²) in [6, 6.07) is 4.84. The van der Waals surface area contributed by atoms with Crippen molar-refractivity contribution in [2.45, 2.75) is 18.9 Å². The number of nitrogens with zero attached hydrogens (tertiary/aromatic N) is 1. The van der Waals surface area contributed by atoms with Crippen molar-refractivity contribution >= 4 is 5.97 Å². The second kappa shape index (κ2) is 10.2. The van der Waals surface area contributed by atoms with Crippen LogP contribution in [0.3, 0.4) is 0 Å². The average Bonchev–Trinajstić information content (AvgIpc) is 2.91. The van der Waals surface area contributed by atoms with E-state index < -0.39 is 6.04 Å². The molecule has 1 aromatic rings. The second-order valence-corrected chi connectivity index (χ2v) is 5.71. The van der Waals surface area contributed by atoms with Crippen LogP contribution in [0.25, 0.3) is 0 Å². The molecular formula is C18H27NO6. The molecule has 0 aromatic heterocycles. The van der Waals surface area contributed by atoms with Gasteiger partial charge in [0.25, 0.3) is 0 Å². The van der Waals surface area contributed by atoms with E-state index in [0.29, 0.717) is 50.0 Å². The van der Waals surface area contributed by atoms with Gasteiger partial charge in [0, 0.05) is 33.4 Å². The molecule has 0 spiro atoms. The summed E-state index contributed by atoms with van der Waals surface area (Å²) in [7, 11) is 4.68. The van der Waals surface area contributed by atoms with Crippen molar-refractivity contribution in [3.05, 3.63) is 18.2 Å². The molecule has 7 heteroatoms. The van der Waals surface area contributed by atoms with Crippen LogP contribution in [-0.4, -0.2) is 71.2 Å². The number of carbonyl (C=O) groups excluding carboxylic acids is 1. The van der Waals surface area contributed by atoms with E-state index in [1.165, 1.54) is 14.2 Å². The summed E-state index contributed by atoms with van der Waals surface area (Å²) in [5.41, 5.74) is 0. The van der Waals surface area contributed by atoms with Crippen molar-refractivity contribution in [1.82, 2.24) is 4.90 Å². The zero-order chi connectivity index (χ0) is 18.1. The van der Waals surface area contributed by atoms with Crippen molar-refractivity contribution in [3.63, 3.8) is 0 Å². The molecule has 0 aliphatic carbocycles. The fourth-order valence-corrected chi connectivity index (χ4v) is 2.84. The normalized spacial score (nSPS) is 16.8. The molecular weight excluding hydrogens is 326 g/mol. The fraction of sp³-hybridized carbons (Fsp3) is 0.611. The molecule has 0 saturated carbocycles. The molecule has 1 aliphatic rings. The Balaban J connectivity index is 2.18. The fourth-order valence-electron chi connectivity index (χ4n) is 2.84. The maximum absolute atomic E-state index is 12.9. The molecule has 1 fully saturated rings. The maximum atomic E-state index is 12.9. The number of rotatable bonds is 8. The van der Waals surface area contributed by atoms with E-state index in [0.717, 1.165) is 13.0 Å². The highest BCUT2D eigenvalue weighted by atomic mass is 16.6. The van der Waals surface area contributed by atoms with Crippen LogP contribution in [0.1, 0.15) is 12.8 Å². The van der Waals surface area contributed by atoms with E-state index in [9.17, 15) is 4.79 Å². The summed E-state index contributed by atoms with van der Waals surface area (Å²) >= 11 is 0. The van der Waals surface area contributed by atoms with Crippen molar-refractivity contribution in [1.29, 1.82) is 0 Å². The summed E-state index contributed by atoms with van der Waals surface area (Å²) in [4.78, 5) is 15.0. The zero-order valence-corrected chi connectivity index (χ0v) is 15.2. The second-order valence-electron chi connectivity index (χ2n) is 5.71. The Bertz CT molecular complexity index is 520. The van der Waals surface area contributed by atoms with Crippen LogP contribution < -0.4 is 14.2 Å². The first-order valence-corrected chi connectivity index (χ1v) is 8.44. The minimum Gasteiger partial charge on any atom is -0.493 e. The minimum atomic E-state index is -0.406. The van der Waals surface area contributed by atoms with Crippen LogP contribution in [0.4, 0.5) is 0 Å². The van der Waals surface area contributed by atoms with Gasteiger partial charge in [0.1, 0.15) is 6.04 Å². The van der Waals surface area contributed by atoms with Crippen molar-refractivity contribution in [2.75, 3.05) is 54.2 Å². The van der Waals surface area contributed by atoms with Crippen LogP contribution in [0.2, 0.25) is 0 Å². The van der Waals surface area contributed by atoms with Gasteiger partial charge in [-0.15, -0.1) is 0 Å². The molecule has 1 aromatic carbocycles. The van der Waals surface area contributed by atoms with E-state index in [-0.39, 0.29) is 5.97 Å². The first-order valence-electron chi connectivity index (χ1n) is 8.44. The monoisotopic (exact) mass is 353 g/mol. The number of esters is 1. The van der Waals surface area contributed by atoms with Crippen LogP contribution in [0.5, 0.6) is 17.2 Å². The molecule has 1 unspecified atom stereocenters. The number of methoxy groups -OCH3 is 3. The molecule has 25 heavy (non-hydrogen) atoms. The van der Waals surface area contributed by atoms with E-state index in [1.54, 1.807) is 25.3 Å². The number of hydrogen-bond acceptors (Lipinski definition) is 7. The third-order valence-electron chi connectivity index (χ3n) is 4.15. The highest BCUT2D eigenvalue weighted by molar-refractivity contribution is 5.79. The molecule has 0 N–H and O–H groups in total.